The van der Waals surface area contributed by atoms with Gasteiger partial charge in [-0.25, -0.2) is 9.67 Å². The van der Waals surface area contributed by atoms with Crippen LogP contribution in [-0.4, -0.2) is 30.5 Å². The minimum atomic E-state index is -0.261. The van der Waals surface area contributed by atoms with Gasteiger partial charge in [0.1, 0.15) is 11.7 Å². The number of aryl methyl sites for hydroxylation is 1. The van der Waals surface area contributed by atoms with E-state index in [4.69, 9.17) is 4.98 Å². The molecule has 0 saturated heterocycles. The highest BCUT2D eigenvalue weighted by molar-refractivity contribution is 9.10. The van der Waals surface area contributed by atoms with Crippen molar-refractivity contribution in [2.24, 2.45) is 0 Å². The molecule has 31 heavy (non-hydrogen) atoms. The first kappa shape index (κ1) is 19.7. The van der Waals surface area contributed by atoms with Crippen molar-refractivity contribution in [2.45, 2.75) is 13.6 Å². The average Bonchev–Trinajstić information content (AvgIpc) is 3.48. The van der Waals surface area contributed by atoms with Crippen LogP contribution in [0.3, 0.4) is 0 Å². The van der Waals surface area contributed by atoms with Gasteiger partial charge in [-0.3, -0.25) is 9.48 Å². The van der Waals surface area contributed by atoms with E-state index in [0.29, 0.717) is 18.1 Å². The number of rotatable bonds is 5. The number of benzene rings is 2. The molecule has 5 rings (SSSR count). The summed E-state index contributed by atoms with van der Waals surface area (Å²) in [4.78, 5) is 17.3. The number of amides is 1. The molecule has 0 fully saturated rings. The van der Waals surface area contributed by atoms with E-state index in [0.717, 1.165) is 20.6 Å². The molecule has 0 radical (unpaired) electrons. The van der Waals surface area contributed by atoms with Crippen molar-refractivity contribution in [2.75, 3.05) is 5.32 Å². The second-order valence-corrected chi connectivity index (χ2v) is 9.05. The van der Waals surface area contributed by atoms with Gasteiger partial charge >= 0.3 is 0 Å². The molecule has 0 atom stereocenters. The molecular formula is C22H17BrN6OS. The average molecular weight is 493 g/mol. The van der Waals surface area contributed by atoms with Gasteiger partial charge in [0, 0.05) is 23.6 Å². The Morgan fingerprint density at radius 3 is 2.74 bits per heavy atom. The van der Waals surface area contributed by atoms with Crippen LogP contribution in [0.5, 0.6) is 0 Å². The summed E-state index contributed by atoms with van der Waals surface area (Å²) in [5.74, 6) is -0.261. The lowest BCUT2D eigenvalue weighted by Gasteiger charge is -2.04. The van der Waals surface area contributed by atoms with E-state index >= 15 is 0 Å². The third kappa shape index (κ3) is 4.28. The van der Waals surface area contributed by atoms with Crippen LogP contribution in [0.25, 0.3) is 20.8 Å². The molecule has 0 aliphatic heterocycles. The molecular weight excluding hydrogens is 476 g/mol. The maximum Gasteiger partial charge on any atom is 0.276 e. The second-order valence-electron chi connectivity index (χ2n) is 7.10. The van der Waals surface area contributed by atoms with Crippen molar-refractivity contribution < 1.29 is 4.79 Å². The number of thiazole rings is 1. The number of nitrogens with zero attached hydrogens (tertiary/aromatic N) is 5. The van der Waals surface area contributed by atoms with E-state index < -0.39 is 0 Å². The fourth-order valence-corrected chi connectivity index (χ4v) is 4.57. The SMILES string of the molecule is Cc1ccc2nc(-c3ccc(NC(=O)c4ccn(Cn5cc(Br)cn5)n4)cc3)sc2c1. The standard InChI is InChI=1S/C22H17BrN6OS/c1-14-2-7-18-20(10-14)31-22(26-18)15-3-5-17(6-4-15)25-21(30)19-8-9-28(27-19)13-29-12-16(23)11-24-29/h2-12H,13H2,1H3,(H,25,30). The molecule has 2 aromatic carbocycles. The Bertz CT molecular complexity index is 1380. The molecule has 0 bridgehead atoms. The number of hydrogen-bond acceptors (Lipinski definition) is 5. The first-order valence-electron chi connectivity index (χ1n) is 9.54. The first-order chi connectivity index (χ1) is 15.0. The van der Waals surface area contributed by atoms with Crippen molar-refractivity contribution >= 4 is 49.1 Å². The van der Waals surface area contributed by atoms with Crippen LogP contribution in [-0.2, 0) is 6.67 Å². The molecule has 0 aliphatic rings. The fourth-order valence-electron chi connectivity index (χ4n) is 3.17. The van der Waals surface area contributed by atoms with Crippen LogP contribution < -0.4 is 5.32 Å². The number of carbonyl (C=O) groups is 1. The molecule has 1 amide bonds. The number of carbonyl (C=O) groups excluding carboxylic acids is 1. The number of nitrogens with one attached hydrogen (secondary N) is 1. The second kappa shape index (κ2) is 8.09. The minimum absolute atomic E-state index is 0.261. The van der Waals surface area contributed by atoms with Gasteiger partial charge < -0.3 is 5.32 Å². The lowest BCUT2D eigenvalue weighted by molar-refractivity contribution is 0.102. The maximum absolute atomic E-state index is 12.6. The summed E-state index contributed by atoms with van der Waals surface area (Å²) in [7, 11) is 0. The summed E-state index contributed by atoms with van der Waals surface area (Å²) in [6.45, 7) is 2.51. The normalized spacial score (nSPS) is 11.2. The highest BCUT2D eigenvalue weighted by Crippen LogP contribution is 2.31. The predicted molar refractivity (Wildman–Crippen MR) is 125 cm³/mol. The predicted octanol–water partition coefficient (Wildman–Crippen LogP) is 5.19. The third-order valence-corrected chi connectivity index (χ3v) is 6.18. The van der Waals surface area contributed by atoms with Crippen LogP contribution in [0.1, 0.15) is 16.1 Å². The topological polar surface area (TPSA) is 77.6 Å². The fraction of sp³-hybridized carbons (Fsp3) is 0.0909. The summed E-state index contributed by atoms with van der Waals surface area (Å²) in [5.41, 5.74) is 4.29. The Labute approximate surface area is 190 Å². The van der Waals surface area contributed by atoms with Crippen molar-refractivity contribution in [1.29, 1.82) is 0 Å². The van der Waals surface area contributed by atoms with Crippen molar-refractivity contribution in [3.63, 3.8) is 0 Å². The number of aromatic nitrogens is 5. The van der Waals surface area contributed by atoms with Gasteiger partial charge in [-0.1, -0.05) is 6.07 Å². The van der Waals surface area contributed by atoms with E-state index in [-0.39, 0.29) is 5.91 Å². The Balaban J connectivity index is 1.27. The summed E-state index contributed by atoms with van der Waals surface area (Å²) < 4.78 is 5.44. The van der Waals surface area contributed by atoms with E-state index in [1.54, 1.807) is 39.2 Å². The van der Waals surface area contributed by atoms with Crippen molar-refractivity contribution in [1.82, 2.24) is 24.5 Å². The number of halogens is 1. The van der Waals surface area contributed by atoms with Gasteiger partial charge in [0.25, 0.3) is 5.91 Å². The summed E-state index contributed by atoms with van der Waals surface area (Å²) in [6.07, 6.45) is 5.30. The lowest BCUT2D eigenvalue weighted by Crippen LogP contribution is -2.14. The lowest BCUT2D eigenvalue weighted by atomic mass is 10.2. The Morgan fingerprint density at radius 1 is 1.13 bits per heavy atom. The highest BCUT2D eigenvalue weighted by atomic mass is 79.9. The van der Waals surface area contributed by atoms with E-state index in [1.807, 2.05) is 36.5 Å². The molecule has 3 aromatic heterocycles. The summed E-state index contributed by atoms with van der Waals surface area (Å²) >= 11 is 5.03. The molecule has 154 valence electrons. The number of fused-ring (bicyclic) bond motifs is 1. The van der Waals surface area contributed by atoms with Gasteiger partial charge in [0.15, 0.2) is 5.69 Å². The molecule has 0 spiro atoms. The van der Waals surface area contributed by atoms with Gasteiger partial charge in [-0.15, -0.1) is 11.3 Å². The number of anilines is 1. The van der Waals surface area contributed by atoms with Crippen LogP contribution in [0, 0.1) is 6.92 Å². The van der Waals surface area contributed by atoms with Crippen LogP contribution in [0.2, 0.25) is 0 Å². The molecule has 7 nitrogen and oxygen atoms in total. The van der Waals surface area contributed by atoms with Crippen LogP contribution >= 0.6 is 27.3 Å². The largest absolute Gasteiger partial charge is 0.321 e. The van der Waals surface area contributed by atoms with E-state index in [2.05, 4.69) is 50.5 Å². The molecule has 0 aliphatic carbocycles. The summed E-state index contributed by atoms with van der Waals surface area (Å²) in [5, 5.41) is 12.4. The Hall–Kier alpha value is -3.30. The van der Waals surface area contributed by atoms with E-state index in [9.17, 15) is 4.79 Å². The van der Waals surface area contributed by atoms with Crippen molar-refractivity contribution in [3.05, 3.63) is 82.9 Å². The zero-order chi connectivity index (χ0) is 21.4. The van der Waals surface area contributed by atoms with Crippen LogP contribution in [0.15, 0.2) is 71.6 Å². The molecule has 3 heterocycles. The van der Waals surface area contributed by atoms with Gasteiger partial charge in [0.05, 0.1) is 20.9 Å². The van der Waals surface area contributed by atoms with E-state index in [1.165, 1.54) is 10.3 Å². The van der Waals surface area contributed by atoms with Crippen LogP contribution in [0.4, 0.5) is 5.69 Å². The molecule has 9 heteroatoms. The Morgan fingerprint density at radius 2 is 1.97 bits per heavy atom. The third-order valence-electron chi connectivity index (χ3n) is 4.70. The molecule has 0 saturated carbocycles. The molecule has 1 N–H and O–H groups in total. The minimum Gasteiger partial charge on any atom is -0.321 e. The zero-order valence-electron chi connectivity index (χ0n) is 16.5. The first-order valence-corrected chi connectivity index (χ1v) is 11.1. The van der Waals surface area contributed by atoms with Gasteiger partial charge in [-0.2, -0.15) is 10.2 Å². The molecule has 0 unspecified atom stereocenters. The van der Waals surface area contributed by atoms with Gasteiger partial charge in [0.2, 0.25) is 0 Å². The zero-order valence-corrected chi connectivity index (χ0v) is 18.9. The summed E-state index contributed by atoms with van der Waals surface area (Å²) in [6, 6.07) is 15.6. The van der Waals surface area contributed by atoms with Crippen molar-refractivity contribution in [3.8, 4) is 10.6 Å². The highest BCUT2D eigenvalue weighted by Gasteiger charge is 2.11. The van der Waals surface area contributed by atoms with Gasteiger partial charge in [-0.05, 0) is 70.9 Å². The maximum atomic E-state index is 12.6. The Kier molecular flexibility index (Phi) is 5.13. The monoisotopic (exact) mass is 492 g/mol. The molecule has 5 aromatic rings. The smallest absolute Gasteiger partial charge is 0.276 e. The quantitative estimate of drug-likeness (QED) is 0.366. The number of hydrogen-bond donors (Lipinski definition) is 1.